The summed E-state index contributed by atoms with van der Waals surface area (Å²) in [6, 6.07) is 9.12. The second kappa shape index (κ2) is 5.62. The fraction of sp³-hybridized carbons (Fsp3) is 0.353. The Kier molecular flexibility index (Phi) is 3.77. The second-order valence-corrected chi connectivity index (χ2v) is 6.15. The van der Waals surface area contributed by atoms with E-state index in [1.54, 1.807) is 6.07 Å². The SMILES string of the molecule is CC(O)(CNC(=O)c1cc(C2CC2)nc2ccccc12)C(=O)O. The van der Waals surface area contributed by atoms with Crippen LogP contribution < -0.4 is 5.32 Å². The molecule has 1 saturated carbocycles. The molecule has 120 valence electrons. The van der Waals surface area contributed by atoms with Crippen molar-refractivity contribution < 1.29 is 19.8 Å². The smallest absolute Gasteiger partial charge is 0.337 e. The highest BCUT2D eigenvalue weighted by Crippen LogP contribution is 2.40. The van der Waals surface area contributed by atoms with Crippen molar-refractivity contribution in [2.45, 2.75) is 31.3 Å². The summed E-state index contributed by atoms with van der Waals surface area (Å²) in [5.41, 5.74) is 0.0854. The van der Waals surface area contributed by atoms with Gasteiger partial charge in [0, 0.05) is 17.0 Å². The lowest BCUT2D eigenvalue weighted by Crippen LogP contribution is -2.46. The first-order valence-electron chi connectivity index (χ1n) is 7.52. The van der Waals surface area contributed by atoms with Crippen molar-refractivity contribution in [1.82, 2.24) is 10.3 Å². The number of carboxylic acids is 1. The summed E-state index contributed by atoms with van der Waals surface area (Å²) in [4.78, 5) is 28.0. The summed E-state index contributed by atoms with van der Waals surface area (Å²) < 4.78 is 0. The minimum Gasteiger partial charge on any atom is -0.479 e. The number of nitrogens with zero attached hydrogens (tertiary/aromatic N) is 1. The van der Waals surface area contributed by atoms with Crippen LogP contribution in [0.25, 0.3) is 10.9 Å². The topological polar surface area (TPSA) is 99.5 Å². The number of hydrogen-bond donors (Lipinski definition) is 3. The fourth-order valence-corrected chi connectivity index (χ4v) is 2.40. The van der Waals surface area contributed by atoms with E-state index in [0.29, 0.717) is 16.9 Å². The highest BCUT2D eigenvalue weighted by Gasteiger charge is 2.31. The van der Waals surface area contributed by atoms with Crippen molar-refractivity contribution in [2.24, 2.45) is 0 Å². The summed E-state index contributed by atoms with van der Waals surface area (Å²) in [5, 5.41) is 21.9. The van der Waals surface area contributed by atoms with Gasteiger partial charge in [-0.05, 0) is 31.9 Å². The number of carbonyl (C=O) groups is 2. The fourth-order valence-electron chi connectivity index (χ4n) is 2.40. The molecule has 1 unspecified atom stereocenters. The molecule has 1 fully saturated rings. The first-order valence-corrected chi connectivity index (χ1v) is 7.52. The molecule has 0 radical (unpaired) electrons. The van der Waals surface area contributed by atoms with Crippen LogP contribution in [0.1, 0.15) is 41.7 Å². The molecule has 1 atom stereocenters. The normalized spacial score (nSPS) is 16.8. The summed E-state index contributed by atoms with van der Waals surface area (Å²) in [6.45, 7) is 0.784. The van der Waals surface area contributed by atoms with Crippen molar-refractivity contribution in [2.75, 3.05) is 6.54 Å². The highest BCUT2D eigenvalue weighted by atomic mass is 16.4. The van der Waals surface area contributed by atoms with Gasteiger partial charge in [-0.3, -0.25) is 9.78 Å². The number of benzene rings is 1. The Bertz CT molecular complexity index is 781. The Labute approximate surface area is 133 Å². The maximum atomic E-state index is 12.5. The first kappa shape index (κ1) is 15.4. The van der Waals surface area contributed by atoms with Crippen molar-refractivity contribution in [3.8, 4) is 0 Å². The van der Waals surface area contributed by atoms with E-state index < -0.39 is 17.5 Å². The number of aliphatic hydroxyl groups is 1. The minimum atomic E-state index is -2.00. The quantitative estimate of drug-likeness (QED) is 0.779. The molecule has 1 aliphatic carbocycles. The zero-order valence-electron chi connectivity index (χ0n) is 12.7. The molecule has 1 aromatic heterocycles. The van der Waals surface area contributed by atoms with Gasteiger partial charge < -0.3 is 15.5 Å². The van der Waals surface area contributed by atoms with Crippen molar-refractivity contribution in [3.63, 3.8) is 0 Å². The maximum Gasteiger partial charge on any atom is 0.337 e. The monoisotopic (exact) mass is 314 g/mol. The van der Waals surface area contributed by atoms with Gasteiger partial charge in [0.05, 0.1) is 17.6 Å². The van der Waals surface area contributed by atoms with Gasteiger partial charge in [0.25, 0.3) is 5.91 Å². The number of para-hydroxylation sites is 1. The lowest BCUT2D eigenvalue weighted by Gasteiger charge is -2.18. The third kappa shape index (κ3) is 3.17. The Morgan fingerprint density at radius 3 is 2.70 bits per heavy atom. The predicted octanol–water partition coefficient (Wildman–Crippen LogP) is 1.68. The Morgan fingerprint density at radius 2 is 2.04 bits per heavy atom. The van der Waals surface area contributed by atoms with Crippen LogP contribution in [0.15, 0.2) is 30.3 Å². The van der Waals surface area contributed by atoms with Crippen LogP contribution in [0.2, 0.25) is 0 Å². The number of hydrogen-bond acceptors (Lipinski definition) is 4. The Morgan fingerprint density at radius 1 is 1.35 bits per heavy atom. The molecular formula is C17H18N2O4. The predicted molar refractivity (Wildman–Crippen MR) is 84.3 cm³/mol. The van der Waals surface area contributed by atoms with E-state index in [1.165, 1.54) is 0 Å². The zero-order valence-corrected chi connectivity index (χ0v) is 12.7. The Hall–Kier alpha value is -2.47. The van der Waals surface area contributed by atoms with Gasteiger partial charge in [0.2, 0.25) is 0 Å². The lowest BCUT2D eigenvalue weighted by atomic mass is 10.0. The largest absolute Gasteiger partial charge is 0.479 e. The molecular weight excluding hydrogens is 296 g/mol. The van der Waals surface area contributed by atoms with Crippen molar-refractivity contribution >= 4 is 22.8 Å². The molecule has 6 heteroatoms. The molecule has 1 amide bonds. The molecule has 6 nitrogen and oxygen atoms in total. The molecule has 3 rings (SSSR count). The van der Waals surface area contributed by atoms with Gasteiger partial charge in [0.1, 0.15) is 0 Å². The number of rotatable bonds is 5. The second-order valence-electron chi connectivity index (χ2n) is 6.15. The van der Waals surface area contributed by atoms with Crippen LogP contribution in [-0.4, -0.2) is 39.2 Å². The molecule has 1 aliphatic rings. The lowest BCUT2D eigenvalue weighted by molar-refractivity contribution is -0.155. The van der Waals surface area contributed by atoms with E-state index in [1.807, 2.05) is 24.3 Å². The molecule has 0 spiro atoms. The molecule has 1 heterocycles. The molecule has 2 aromatic rings. The zero-order chi connectivity index (χ0) is 16.6. The van der Waals surface area contributed by atoms with Gasteiger partial charge in [-0.25, -0.2) is 4.79 Å². The highest BCUT2D eigenvalue weighted by molar-refractivity contribution is 6.06. The van der Waals surface area contributed by atoms with Gasteiger partial charge in [-0.2, -0.15) is 0 Å². The molecule has 23 heavy (non-hydrogen) atoms. The third-order valence-electron chi connectivity index (χ3n) is 4.03. The number of amides is 1. The molecule has 0 bridgehead atoms. The third-order valence-corrected chi connectivity index (χ3v) is 4.03. The van der Waals surface area contributed by atoms with Crippen LogP contribution in [0.4, 0.5) is 0 Å². The van der Waals surface area contributed by atoms with Crippen LogP contribution in [0.3, 0.4) is 0 Å². The summed E-state index contributed by atoms with van der Waals surface area (Å²) >= 11 is 0. The number of carbonyl (C=O) groups excluding carboxylic acids is 1. The molecule has 1 aromatic carbocycles. The number of pyridine rings is 1. The van der Waals surface area contributed by atoms with Crippen molar-refractivity contribution in [1.29, 1.82) is 0 Å². The minimum absolute atomic E-state index is 0.365. The number of aliphatic carboxylic acids is 1. The standard InChI is InChI=1S/C17H18N2O4/c1-17(23,16(21)22)9-18-15(20)12-8-14(10-6-7-10)19-13-5-3-2-4-11(12)13/h2-5,8,10,23H,6-7,9H2,1H3,(H,18,20)(H,21,22). The molecule has 3 N–H and O–H groups in total. The van der Waals surface area contributed by atoms with Crippen LogP contribution in [-0.2, 0) is 4.79 Å². The maximum absolute atomic E-state index is 12.5. The summed E-state index contributed by atoms with van der Waals surface area (Å²) in [6.07, 6.45) is 2.14. The number of fused-ring (bicyclic) bond motifs is 1. The average Bonchev–Trinajstić information content (AvgIpc) is 3.36. The number of nitrogens with one attached hydrogen (secondary N) is 1. The number of aromatic nitrogens is 1. The van der Waals surface area contributed by atoms with Gasteiger partial charge in [0.15, 0.2) is 5.60 Å². The first-order chi connectivity index (χ1) is 10.9. The van der Waals surface area contributed by atoms with E-state index in [-0.39, 0.29) is 6.54 Å². The van der Waals surface area contributed by atoms with Crippen LogP contribution in [0.5, 0.6) is 0 Å². The van der Waals surface area contributed by atoms with E-state index in [0.717, 1.165) is 31.0 Å². The van der Waals surface area contributed by atoms with Crippen LogP contribution in [0, 0.1) is 0 Å². The Balaban J connectivity index is 1.91. The van der Waals surface area contributed by atoms with E-state index in [9.17, 15) is 14.7 Å². The number of carboxylic acid groups (broad SMARTS) is 1. The van der Waals surface area contributed by atoms with Gasteiger partial charge >= 0.3 is 5.97 Å². The van der Waals surface area contributed by atoms with Crippen LogP contribution >= 0.6 is 0 Å². The van der Waals surface area contributed by atoms with Gasteiger partial charge in [-0.1, -0.05) is 18.2 Å². The average molecular weight is 314 g/mol. The summed E-state index contributed by atoms with van der Waals surface area (Å²) in [7, 11) is 0. The van der Waals surface area contributed by atoms with E-state index in [4.69, 9.17) is 5.11 Å². The van der Waals surface area contributed by atoms with E-state index in [2.05, 4.69) is 10.3 Å². The molecule has 0 saturated heterocycles. The van der Waals surface area contributed by atoms with E-state index >= 15 is 0 Å². The van der Waals surface area contributed by atoms with Crippen molar-refractivity contribution in [3.05, 3.63) is 41.6 Å². The van der Waals surface area contributed by atoms with Gasteiger partial charge in [-0.15, -0.1) is 0 Å². The summed E-state index contributed by atoms with van der Waals surface area (Å²) in [5.74, 6) is -1.39. The molecule has 0 aliphatic heterocycles.